The quantitative estimate of drug-likeness (QED) is 0.346. The van der Waals surface area contributed by atoms with Gasteiger partial charge in [0.15, 0.2) is 0 Å². The van der Waals surface area contributed by atoms with E-state index in [1.54, 1.807) is 23.8 Å². The van der Waals surface area contributed by atoms with Crippen molar-refractivity contribution in [2.75, 3.05) is 7.11 Å². The van der Waals surface area contributed by atoms with Crippen molar-refractivity contribution < 1.29 is 14.3 Å². The number of ether oxygens (including phenoxy) is 2. The summed E-state index contributed by atoms with van der Waals surface area (Å²) in [4.78, 5) is 22.0. The molecule has 2 aromatic carbocycles. The Morgan fingerprint density at radius 3 is 2.47 bits per heavy atom. The highest BCUT2D eigenvalue weighted by Crippen LogP contribution is 2.29. The number of methoxy groups -OCH3 is 1. The number of carbonyl (C=O) groups is 1. The first-order valence-corrected chi connectivity index (χ1v) is 12.0. The van der Waals surface area contributed by atoms with E-state index in [0.717, 1.165) is 33.6 Å². The van der Waals surface area contributed by atoms with Crippen molar-refractivity contribution in [2.24, 2.45) is 4.99 Å². The van der Waals surface area contributed by atoms with Gasteiger partial charge in [-0.25, -0.2) is 4.99 Å². The Morgan fingerprint density at radius 2 is 1.81 bits per heavy atom. The van der Waals surface area contributed by atoms with Crippen LogP contribution in [0.1, 0.15) is 46.9 Å². The molecule has 36 heavy (non-hydrogen) atoms. The van der Waals surface area contributed by atoms with Crippen molar-refractivity contribution >= 4 is 28.6 Å². The third-order valence-electron chi connectivity index (χ3n) is 6.10. The highest BCUT2D eigenvalue weighted by Gasteiger charge is 2.24. The molecule has 0 aliphatic carbocycles. The van der Waals surface area contributed by atoms with Crippen LogP contribution in [0, 0.1) is 13.8 Å². The molecule has 1 aliphatic rings. The number of aliphatic imine (C=N–C) groups is 1. The first-order valence-electron chi connectivity index (χ1n) is 12.0. The molecule has 1 aliphatic heterocycles. The highest BCUT2D eigenvalue weighted by molar-refractivity contribution is 6.17. The van der Waals surface area contributed by atoms with Crippen molar-refractivity contribution in [3.63, 3.8) is 0 Å². The summed E-state index contributed by atoms with van der Waals surface area (Å²) in [5.74, 6) is 1.25. The lowest BCUT2D eigenvalue weighted by Gasteiger charge is -2.11. The fourth-order valence-electron chi connectivity index (χ4n) is 4.49. The van der Waals surface area contributed by atoms with Crippen molar-refractivity contribution in [1.29, 1.82) is 0 Å². The van der Waals surface area contributed by atoms with Gasteiger partial charge in [0.1, 0.15) is 17.2 Å². The van der Waals surface area contributed by atoms with E-state index in [9.17, 15) is 4.79 Å². The first-order chi connectivity index (χ1) is 17.3. The van der Waals surface area contributed by atoms with Gasteiger partial charge in [-0.15, -0.1) is 0 Å². The maximum Gasteiger partial charge on any atom is 0.262 e. The van der Waals surface area contributed by atoms with Crippen LogP contribution < -0.4 is 4.74 Å². The van der Waals surface area contributed by atoms with E-state index in [4.69, 9.17) is 14.5 Å². The van der Waals surface area contributed by atoms with Crippen LogP contribution in [0.4, 0.5) is 0 Å². The van der Waals surface area contributed by atoms with Gasteiger partial charge in [-0.2, -0.15) is 0 Å². The number of aromatic nitrogens is 2. The molecule has 5 rings (SSSR count). The molecule has 3 heterocycles. The number of hydrogen-bond acceptors (Lipinski definition) is 4. The number of nitrogens with zero attached hydrogens (tertiary/aromatic N) is 2. The molecule has 0 saturated heterocycles. The zero-order valence-corrected chi connectivity index (χ0v) is 21.1. The summed E-state index contributed by atoms with van der Waals surface area (Å²) in [6.45, 7) is 8.03. The minimum atomic E-state index is -0.134. The van der Waals surface area contributed by atoms with Crippen molar-refractivity contribution in [3.05, 3.63) is 106 Å². The molecule has 0 atom stereocenters. The number of para-hydroxylation sites is 1. The molecule has 2 aromatic heterocycles. The average molecular weight is 480 g/mol. The van der Waals surface area contributed by atoms with Crippen molar-refractivity contribution in [3.8, 4) is 5.75 Å². The van der Waals surface area contributed by atoms with Crippen LogP contribution >= 0.6 is 0 Å². The van der Waals surface area contributed by atoms with Crippen molar-refractivity contribution in [1.82, 2.24) is 9.55 Å². The summed E-state index contributed by atoms with van der Waals surface area (Å²) < 4.78 is 13.1. The van der Waals surface area contributed by atoms with Crippen LogP contribution in [0.5, 0.6) is 5.75 Å². The monoisotopic (exact) mass is 479 g/mol. The predicted octanol–water partition coefficient (Wildman–Crippen LogP) is 6.44. The summed E-state index contributed by atoms with van der Waals surface area (Å²) in [6.07, 6.45) is 3.93. The molecule has 1 N–H and O–H groups in total. The van der Waals surface area contributed by atoms with Gasteiger partial charge in [0.25, 0.3) is 5.91 Å². The first kappa shape index (κ1) is 23.4. The smallest absolute Gasteiger partial charge is 0.262 e. The van der Waals surface area contributed by atoms with Crippen LogP contribution in [0.25, 0.3) is 17.0 Å². The Hall–Kier alpha value is -4.32. The molecular formula is C30H29N3O3. The number of aromatic amines is 1. The number of H-pyrrole nitrogens is 1. The Balaban J connectivity index is 1.60. The molecule has 0 bridgehead atoms. The van der Waals surface area contributed by atoms with Gasteiger partial charge < -0.3 is 14.5 Å². The molecular weight excluding hydrogens is 450 g/mol. The summed E-state index contributed by atoms with van der Waals surface area (Å²) in [5.41, 5.74) is 6.67. The van der Waals surface area contributed by atoms with E-state index in [-0.39, 0.29) is 12.0 Å². The second-order valence-electron chi connectivity index (χ2n) is 9.21. The van der Waals surface area contributed by atoms with Gasteiger partial charge in [0.2, 0.25) is 0 Å². The number of aryl methyl sites for hydroxylation is 2. The number of benzene rings is 2. The maximum atomic E-state index is 13.8. The molecule has 0 saturated carbocycles. The van der Waals surface area contributed by atoms with Crippen LogP contribution in [0.3, 0.4) is 0 Å². The maximum absolute atomic E-state index is 13.8. The SMILES string of the molecule is COC1=CC(c2cc3ccccc3n2C(=O)c2ccc(OC(C)C)cc2)=N/C1=C\c1[nH]c(C)cc1C. The zero-order chi connectivity index (χ0) is 25.4. The normalized spacial score (nSPS) is 14.4. The predicted molar refractivity (Wildman–Crippen MR) is 144 cm³/mol. The molecule has 6 heteroatoms. The van der Waals surface area contributed by atoms with E-state index in [1.165, 1.54) is 0 Å². The topological polar surface area (TPSA) is 68.6 Å². The van der Waals surface area contributed by atoms with Crippen LogP contribution in [0.2, 0.25) is 0 Å². The molecule has 182 valence electrons. The van der Waals surface area contributed by atoms with E-state index < -0.39 is 0 Å². The molecule has 0 radical (unpaired) electrons. The lowest BCUT2D eigenvalue weighted by atomic mass is 10.2. The molecule has 0 spiro atoms. The van der Waals surface area contributed by atoms with Gasteiger partial charge in [0, 0.05) is 28.4 Å². The number of hydrogen-bond donors (Lipinski definition) is 1. The Bertz CT molecular complexity index is 1550. The minimum Gasteiger partial charge on any atom is -0.494 e. The fourth-order valence-corrected chi connectivity index (χ4v) is 4.49. The number of nitrogens with one attached hydrogen (secondary N) is 1. The largest absolute Gasteiger partial charge is 0.494 e. The van der Waals surface area contributed by atoms with Crippen LogP contribution in [-0.4, -0.2) is 34.4 Å². The number of allylic oxidation sites excluding steroid dienone is 1. The van der Waals surface area contributed by atoms with Crippen LogP contribution in [0.15, 0.2) is 83.2 Å². The summed E-state index contributed by atoms with van der Waals surface area (Å²) in [5, 5.41) is 0.962. The molecule has 0 unspecified atom stereocenters. The fraction of sp³-hybridized carbons (Fsp3) is 0.200. The third-order valence-corrected chi connectivity index (χ3v) is 6.10. The standard InChI is InChI=1S/C30H29N3O3/c1-18(2)36-23-12-10-21(11-13-23)30(34)33-27-9-7-6-8-22(27)15-28(33)25-17-29(35-5)26(32-25)16-24-19(3)14-20(4)31-24/h6-18,31H,1-5H3/b26-16-. The Morgan fingerprint density at radius 1 is 1.06 bits per heavy atom. The number of rotatable bonds is 6. The van der Waals surface area contributed by atoms with E-state index in [0.29, 0.717) is 28.4 Å². The molecule has 0 fully saturated rings. The highest BCUT2D eigenvalue weighted by atomic mass is 16.5. The Kier molecular flexibility index (Phi) is 6.10. The van der Waals surface area contributed by atoms with Gasteiger partial charge in [0.05, 0.1) is 30.1 Å². The summed E-state index contributed by atoms with van der Waals surface area (Å²) in [7, 11) is 1.63. The van der Waals surface area contributed by atoms with Gasteiger partial charge >= 0.3 is 0 Å². The zero-order valence-electron chi connectivity index (χ0n) is 21.1. The lowest BCUT2D eigenvalue weighted by Crippen LogP contribution is -2.17. The van der Waals surface area contributed by atoms with Crippen LogP contribution in [-0.2, 0) is 4.74 Å². The molecule has 6 nitrogen and oxygen atoms in total. The van der Waals surface area contributed by atoms with E-state index >= 15 is 0 Å². The van der Waals surface area contributed by atoms with Gasteiger partial charge in [-0.05, 0) is 81.8 Å². The minimum absolute atomic E-state index is 0.0645. The van der Waals surface area contributed by atoms with Gasteiger partial charge in [-0.3, -0.25) is 9.36 Å². The van der Waals surface area contributed by atoms with E-state index in [1.807, 2.05) is 75.4 Å². The second kappa shape index (κ2) is 9.38. The number of fused-ring (bicyclic) bond motifs is 1. The molecule has 4 aromatic rings. The molecule has 0 amide bonds. The number of carbonyl (C=O) groups excluding carboxylic acids is 1. The summed E-state index contributed by atoms with van der Waals surface area (Å²) >= 11 is 0. The van der Waals surface area contributed by atoms with Crippen molar-refractivity contribution in [2.45, 2.75) is 33.8 Å². The lowest BCUT2D eigenvalue weighted by molar-refractivity contribution is 0.0964. The third kappa shape index (κ3) is 4.38. The van der Waals surface area contributed by atoms with Gasteiger partial charge in [-0.1, -0.05) is 18.2 Å². The van der Waals surface area contributed by atoms with E-state index in [2.05, 4.69) is 18.0 Å². The second-order valence-corrected chi connectivity index (χ2v) is 9.21. The average Bonchev–Trinajstić information content (AvgIpc) is 3.53. The Labute approximate surface area is 210 Å². The summed E-state index contributed by atoms with van der Waals surface area (Å²) in [6, 6.07) is 19.2.